The van der Waals surface area contributed by atoms with E-state index in [0.717, 1.165) is 22.5 Å². The van der Waals surface area contributed by atoms with Crippen molar-refractivity contribution in [3.05, 3.63) is 77.5 Å². The van der Waals surface area contributed by atoms with Gasteiger partial charge in [0, 0.05) is 12.1 Å². The minimum Gasteiger partial charge on any atom is -0.497 e. The van der Waals surface area contributed by atoms with E-state index in [0.29, 0.717) is 11.6 Å². The van der Waals surface area contributed by atoms with Crippen LogP contribution in [0.3, 0.4) is 0 Å². The maximum atomic E-state index is 12.3. The van der Waals surface area contributed by atoms with Crippen molar-refractivity contribution in [2.45, 2.75) is 13.8 Å². The lowest BCUT2D eigenvalue weighted by Gasteiger charge is -2.09. The number of hydrogen-bond donors (Lipinski definition) is 1. The average Bonchev–Trinajstić information content (AvgIpc) is 3.11. The fourth-order valence-electron chi connectivity index (χ4n) is 2.74. The summed E-state index contributed by atoms with van der Waals surface area (Å²) in [6.07, 6.45) is 2.86. The Kier molecular flexibility index (Phi) is 6.64. The highest BCUT2D eigenvalue weighted by atomic mass is 16.5. The quantitative estimate of drug-likeness (QED) is 0.479. The van der Waals surface area contributed by atoms with Crippen molar-refractivity contribution in [2.24, 2.45) is 0 Å². The molecule has 3 aromatic rings. The molecule has 1 aromatic heterocycles. The van der Waals surface area contributed by atoms with Gasteiger partial charge in [-0.1, -0.05) is 29.8 Å². The lowest BCUT2D eigenvalue weighted by atomic mass is 10.2. The van der Waals surface area contributed by atoms with Gasteiger partial charge in [0.1, 0.15) is 11.6 Å². The predicted octanol–water partition coefficient (Wildman–Crippen LogP) is 3.69. The van der Waals surface area contributed by atoms with Gasteiger partial charge in [-0.15, -0.1) is 0 Å². The minimum atomic E-state index is -0.615. The summed E-state index contributed by atoms with van der Waals surface area (Å²) in [5.41, 5.74) is 3.49. The first-order valence-electron chi connectivity index (χ1n) is 9.37. The fraction of sp³-hybridized carbons (Fsp3) is 0.174. The molecule has 3 rings (SSSR count). The Bertz CT molecular complexity index is 1070. The Morgan fingerprint density at radius 2 is 1.87 bits per heavy atom. The van der Waals surface area contributed by atoms with Gasteiger partial charge >= 0.3 is 5.97 Å². The monoisotopic (exact) mass is 405 g/mol. The van der Waals surface area contributed by atoms with Crippen LogP contribution >= 0.6 is 0 Å². The number of methoxy groups -OCH3 is 1. The Balaban J connectivity index is 1.58. The molecule has 0 aliphatic carbocycles. The van der Waals surface area contributed by atoms with Gasteiger partial charge in [0.15, 0.2) is 6.61 Å². The zero-order valence-electron chi connectivity index (χ0n) is 17.1. The third-order valence-corrected chi connectivity index (χ3v) is 4.23. The second-order valence-electron chi connectivity index (χ2n) is 6.68. The van der Waals surface area contributed by atoms with Gasteiger partial charge in [0.05, 0.1) is 18.5 Å². The van der Waals surface area contributed by atoms with E-state index < -0.39 is 18.5 Å². The van der Waals surface area contributed by atoms with Crippen LogP contribution in [0, 0.1) is 13.8 Å². The highest BCUT2D eigenvalue weighted by Crippen LogP contribution is 2.18. The number of hydrogen-bond acceptors (Lipinski definition) is 5. The smallest absolute Gasteiger partial charge is 0.331 e. The minimum absolute atomic E-state index is 0.403. The molecule has 1 amide bonds. The molecule has 0 aliphatic rings. The van der Waals surface area contributed by atoms with Crippen LogP contribution < -0.4 is 10.1 Å². The second-order valence-corrected chi connectivity index (χ2v) is 6.68. The number of ether oxygens (including phenoxy) is 2. The Morgan fingerprint density at radius 1 is 1.10 bits per heavy atom. The summed E-state index contributed by atoms with van der Waals surface area (Å²) in [5, 5.41) is 7.14. The fourth-order valence-corrected chi connectivity index (χ4v) is 2.74. The molecule has 0 bridgehead atoms. The van der Waals surface area contributed by atoms with Gasteiger partial charge in [0.2, 0.25) is 0 Å². The lowest BCUT2D eigenvalue weighted by molar-refractivity contribution is -0.142. The van der Waals surface area contributed by atoms with Crippen molar-refractivity contribution < 1.29 is 19.1 Å². The first kappa shape index (κ1) is 20.9. The molecule has 0 fully saturated rings. The first-order chi connectivity index (χ1) is 14.4. The van der Waals surface area contributed by atoms with Crippen LogP contribution in [-0.4, -0.2) is 35.4 Å². The molecule has 7 nitrogen and oxygen atoms in total. The number of nitrogens with zero attached hydrogens (tertiary/aromatic N) is 2. The zero-order valence-corrected chi connectivity index (χ0v) is 17.1. The number of amides is 1. The van der Waals surface area contributed by atoms with Crippen molar-refractivity contribution in [2.75, 3.05) is 19.0 Å². The Labute approximate surface area is 174 Å². The van der Waals surface area contributed by atoms with E-state index in [2.05, 4.69) is 10.4 Å². The average molecular weight is 405 g/mol. The number of aryl methyl sites for hydroxylation is 2. The van der Waals surface area contributed by atoms with Gasteiger partial charge in [-0.05, 0) is 49.8 Å². The lowest BCUT2D eigenvalue weighted by Crippen LogP contribution is -2.21. The number of nitrogens with one attached hydrogen (secondary N) is 1. The molecule has 154 valence electrons. The predicted molar refractivity (Wildman–Crippen MR) is 115 cm³/mol. The number of aromatic nitrogens is 2. The van der Waals surface area contributed by atoms with E-state index in [9.17, 15) is 9.59 Å². The molecule has 2 aromatic carbocycles. The Morgan fingerprint density at radius 3 is 2.60 bits per heavy atom. The SMILES string of the molecule is COc1cccc(/C=C/C(=O)OCC(=O)Nc2cc(C)nn2-c2ccc(C)cc2)c1. The van der Waals surface area contributed by atoms with Crippen LogP contribution in [0.4, 0.5) is 5.82 Å². The van der Waals surface area contributed by atoms with Gasteiger partial charge in [-0.2, -0.15) is 5.10 Å². The van der Waals surface area contributed by atoms with E-state index in [1.807, 2.05) is 56.3 Å². The normalized spacial score (nSPS) is 10.8. The number of rotatable bonds is 7. The standard InChI is InChI=1S/C23H23N3O4/c1-16-7-10-19(11-8-16)26-21(13-17(2)25-26)24-22(27)15-30-23(28)12-9-18-5-4-6-20(14-18)29-3/h4-14H,15H2,1-3H3,(H,24,27)/b12-9+. The highest BCUT2D eigenvalue weighted by Gasteiger charge is 2.12. The molecule has 0 unspecified atom stereocenters. The summed E-state index contributed by atoms with van der Waals surface area (Å²) in [7, 11) is 1.57. The number of esters is 1. The summed E-state index contributed by atoms with van der Waals surface area (Å²) in [6, 6.07) is 16.8. The zero-order chi connectivity index (χ0) is 21.5. The van der Waals surface area contributed by atoms with Gasteiger partial charge in [-0.3, -0.25) is 4.79 Å². The van der Waals surface area contributed by atoms with Crippen molar-refractivity contribution in [3.8, 4) is 11.4 Å². The number of carbonyl (C=O) groups is 2. The molecule has 0 saturated heterocycles. The van der Waals surface area contributed by atoms with Crippen LogP contribution in [0.2, 0.25) is 0 Å². The maximum absolute atomic E-state index is 12.3. The largest absolute Gasteiger partial charge is 0.497 e. The van der Waals surface area contributed by atoms with E-state index in [1.165, 1.54) is 6.08 Å². The van der Waals surface area contributed by atoms with E-state index in [1.54, 1.807) is 30.0 Å². The van der Waals surface area contributed by atoms with Gasteiger partial charge in [0.25, 0.3) is 5.91 Å². The molecule has 0 aliphatic heterocycles. The molecule has 7 heteroatoms. The molecular weight excluding hydrogens is 382 g/mol. The molecule has 1 N–H and O–H groups in total. The van der Waals surface area contributed by atoms with E-state index in [-0.39, 0.29) is 0 Å². The number of carbonyl (C=O) groups excluding carboxylic acids is 2. The molecule has 30 heavy (non-hydrogen) atoms. The van der Waals surface area contributed by atoms with E-state index in [4.69, 9.17) is 9.47 Å². The summed E-state index contributed by atoms with van der Waals surface area (Å²) >= 11 is 0. The third kappa shape index (κ3) is 5.57. The second kappa shape index (κ2) is 9.56. The third-order valence-electron chi connectivity index (χ3n) is 4.23. The van der Waals surface area contributed by atoms with Crippen LogP contribution in [0.15, 0.2) is 60.7 Å². The van der Waals surface area contributed by atoms with Crippen molar-refractivity contribution >= 4 is 23.8 Å². The molecule has 0 radical (unpaired) electrons. The van der Waals surface area contributed by atoms with Crippen LogP contribution in [0.5, 0.6) is 5.75 Å². The van der Waals surface area contributed by atoms with Crippen LogP contribution in [-0.2, 0) is 14.3 Å². The topological polar surface area (TPSA) is 82.4 Å². The molecule has 1 heterocycles. The van der Waals surface area contributed by atoms with Crippen molar-refractivity contribution in [1.82, 2.24) is 9.78 Å². The van der Waals surface area contributed by atoms with Crippen LogP contribution in [0.1, 0.15) is 16.8 Å². The molecule has 0 saturated carbocycles. The van der Waals surface area contributed by atoms with Crippen molar-refractivity contribution in [1.29, 1.82) is 0 Å². The summed E-state index contributed by atoms with van der Waals surface area (Å²) in [6.45, 7) is 3.43. The van der Waals surface area contributed by atoms with E-state index >= 15 is 0 Å². The summed E-state index contributed by atoms with van der Waals surface area (Å²) in [5.74, 6) is 0.122. The Hall–Kier alpha value is -3.87. The highest BCUT2D eigenvalue weighted by molar-refractivity contribution is 5.94. The maximum Gasteiger partial charge on any atom is 0.331 e. The number of anilines is 1. The molecular formula is C23H23N3O4. The number of benzene rings is 2. The van der Waals surface area contributed by atoms with Crippen molar-refractivity contribution in [3.63, 3.8) is 0 Å². The summed E-state index contributed by atoms with van der Waals surface area (Å²) < 4.78 is 11.8. The first-order valence-corrected chi connectivity index (χ1v) is 9.37. The van der Waals surface area contributed by atoms with Gasteiger partial charge < -0.3 is 14.8 Å². The molecule has 0 atom stereocenters. The summed E-state index contributed by atoms with van der Waals surface area (Å²) in [4.78, 5) is 24.2. The van der Waals surface area contributed by atoms with Gasteiger partial charge in [-0.25, -0.2) is 9.48 Å². The van der Waals surface area contributed by atoms with Crippen LogP contribution in [0.25, 0.3) is 11.8 Å². The molecule has 0 spiro atoms.